The Morgan fingerprint density at radius 1 is 1.24 bits per heavy atom. The molecule has 0 atom stereocenters. The second kappa shape index (κ2) is 5.29. The molecule has 2 aromatic rings. The van der Waals surface area contributed by atoms with Crippen molar-refractivity contribution in [2.24, 2.45) is 0 Å². The maximum atomic E-state index is 4.31. The fourth-order valence-corrected chi connectivity index (χ4v) is 1.46. The van der Waals surface area contributed by atoms with E-state index in [1.807, 2.05) is 31.0 Å². The van der Waals surface area contributed by atoms with E-state index in [4.69, 9.17) is 0 Å². The first kappa shape index (κ1) is 11.4. The molecule has 0 radical (unpaired) electrons. The van der Waals surface area contributed by atoms with Gasteiger partial charge in [0, 0.05) is 19.8 Å². The Hall–Kier alpha value is -2.11. The first-order valence-electron chi connectivity index (χ1n) is 5.50. The van der Waals surface area contributed by atoms with Gasteiger partial charge in [-0.25, -0.2) is 4.98 Å². The van der Waals surface area contributed by atoms with E-state index in [9.17, 15) is 0 Å². The van der Waals surface area contributed by atoms with Gasteiger partial charge in [0.05, 0.1) is 25.1 Å². The number of aryl methyl sites for hydroxylation is 1. The van der Waals surface area contributed by atoms with E-state index in [-0.39, 0.29) is 0 Å². The maximum Gasteiger partial charge on any atom is 0.147 e. The Kier molecular flexibility index (Phi) is 3.54. The lowest BCUT2D eigenvalue weighted by Crippen LogP contribution is -2.12. The molecule has 0 unspecified atom stereocenters. The lowest BCUT2D eigenvalue weighted by Gasteiger charge is -2.06. The van der Waals surface area contributed by atoms with Crippen LogP contribution in [-0.2, 0) is 6.54 Å². The maximum absolute atomic E-state index is 4.31. The minimum atomic E-state index is 0.755. The third-order valence-electron chi connectivity index (χ3n) is 2.30. The predicted molar refractivity (Wildman–Crippen MR) is 67.0 cm³/mol. The van der Waals surface area contributed by atoms with Crippen LogP contribution in [0.5, 0.6) is 0 Å². The Morgan fingerprint density at radius 3 is 2.76 bits per heavy atom. The largest absolute Gasteiger partial charge is 0.372 e. The van der Waals surface area contributed by atoms with Crippen LogP contribution in [0.4, 0.5) is 11.6 Å². The minimum absolute atomic E-state index is 0.755. The van der Waals surface area contributed by atoms with E-state index in [1.165, 1.54) is 5.56 Å². The lowest BCUT2D eigenvalue weighted by atomic mass is 10.4. The van der Waals surface area contributed by atoms with Crippen LogP contribution in [0.15, 0.2) is 24.8 Å². The van der Waals surface area contributed by atoms with Crippen molar-refractivity contribution in [3.05, 3.63) is 30.4 Å². The van der Waals surface area contributed by atoms with Crippen LogP contribution in [0, 0.1) is 6.92 Å². The normalized spacial score (nSPS) is 10.2. The molecule has 2 aromatic heterocycles. The van der Waals surface area contributed by atoms with E-state index in [0.717, 1.165) is 24.7 Å². The summed E-state index contributed by atoms with van der Waals surface area (Å²) >= 11 is 0. The number of hydrogen-bond acceptors (Lipinski definition) is 5. The van der Waals surface area contributed by atoms with Gasteiger partial charge < -0.3 is 10.6 Å². The van der Waals surface area contributed by atoms with Crippen molar-refractivity contribution in [3.63, 3.8) is 0 Å². The number of hydrogen-bond donors (Lipinski definition) is 2. The van der Waals surface area contributed by atoms with Gasteiger partial charge in [0.25, 0.3) is 0 Å². The fourth-order valence-electron chi connectivity index (χ4n) is 1.46. The highest BCUT2D eigenvalue weighted by Crippen LogP contribution is 2.05. The molecule has 6 nitrogen and oxygen atoms in total. The summed E-state index contributed by atoms with van der Waals surface area (Å²) in [4.78, 5) is 8.39. The summed E-state index contributed by atoms with van der Waals surface area (Å²) in [5, 5.41) is 10.4. The van der Waals surface area contributed by atoms with E-state index in [2.05, 4.69) is 25.7 Å². The van der Waals surface area contributed by atoms with Crippen molar-refractivity contribution in [3.8, 4) is 0 Å². The summed E-state index contributed by atoms with van der Waals surface area (Å²) in [6.45, 7) is 3.60. The van der Waals surface area contributed by atoms with Crippen molar-refractivity contribution in [2.75, 3.05) is 24.2 Å². The molecule has 0 aliphatic rings. The van der Waals surface area contributed by atoms with Gasteiger partial charge in [-0.2, -0.15) is 5.10 Å². The first-order chi connectivity index (χ1) is 8.28. The SMILES string of the molecule is CNc1cncc(NCCn2cc(C)cn2)n1. The molecule has 2 N–H and O–H groups in total. The average molecular weight is 232 g/mol. The minimum Gasteiger partial charge on any atom is -0.372 e. The molecular formula is C11H16N6. The molecule has 90 valence electrons. The first-order valence-corrected chi connectivity index (χ1v) is 5.50. The van der Waals surface area contributed by atoms with Gasteiger partial charge in [0.1, 0.15) is 11.6 Å². The van der Waals surface area contributed by atoms with Gasteiger partial charge in [-0.1, -0.05) is 0 Å². The van der Waals surface area contributed by atoms with Crippen LogP contribution in [0.2, 0.25) is 0 Å². The molecular weight excluding hydrogens is 216 g/mol. The molecule has 0 aliphatic carbocycles. The smallest absolute Gasteiger partial charge is 0.147 e. The second-order valence-electron chi connectivity index (χ2n) is 3.75. The molecule has 2 rings (SSSR count). The third-order valence-corrected chi connectivity index (χ3v) is 2.30. The lowest BCUT2D eigenvalue weighted by molar-refractivity contribution is 0.636. The molecule has 0 spiro atoms. The summed E-state index contributed by atoms with van der Waals surface area (Å²) in [6.07, 6.45) is 7.25. The van der Waals surface area contributed by atoms with E-state index >= 15 is 0 Å². The van der Waals surface area contributed by atoms with Gasteiger partial charge in [0.2, 0.25) is 0 Å². The summed E-state index contributed by atoms with van der Waals surface area (Å²) < 4.78 is 1.90. The Morgan fingerprint density at radius 2 is 2.06 bits per heavy atom. The average Bonchev–Trinajstić information content (AvgIpc) is 2.75. The zero-order valence-electron chi connectivity index (χ0n) is 10.0. The van der Waals surface area contributed by atoms with Crippen LogP contribution >= 0.6 is 0 Å². The number of anilines is 2. The highest BCUT2D eigenvalue weighted by Gasteiger charge is 1.97. The highest BCUT2D eigenvalue weighted by molar-refractivity contribution is 5.40. The van der Waals surface area contributed by atoms with Crippen molar-refractivity contribution in [2.45, 2.75) is 13.5 Å². The molecule has 0 bridgehead atoms. The van der Waals surface area contributed by atoms with Crippen LogP contribution in [0.1, 0.15) is 5.56 Å². The topological polar surface area (TPSA) is 67.7 Å². The molecule has 0 aromatic carbocycles. The van der Waals surface area contributed by atoms with E-state index < -0.39 is 0 Å². The van der Waals surface area contributed by atoms with Crippen molar-refractivity contribution >= 4 is 11.6 Å². The standard InChI is InChI=1S/C11H16N6/c1-9-5-15-17(8-9)4-3-14-11-7-13-6-10(12-2)16-11/h5-8H,3-4H2,1-2H3,(H2,12,14,16). The number of nitrogens with one attached hydrogen (secondary N) is 2. The summed E-state index contributed by atoms with van der Waals surface area (Å²) in [7, 11) is 1.82. The molecule has 0 amide bonds. The molecule has 17 heavy (non-hydrogen) atoms. The van der Waals surface area contributed by atoms with Gasteiger partial charge in [-0.15, -0.1) is 0 Å². The summed E-state index contributed by atoms with van der Waals surface area (Å²) in [5.74, 6) is 1.52. The number of nitrogens with zero attached hydrogens (tertiary/aromatic N) is 4. The zero-order chi connectivity index (χ0) is 12.1. The Labute approximate surface area is 100 Å². The molecule has 0 saturated carbocycles. The molecule has 0 aliphatic heterocycles. The van der Waals surface area contributed by atoms with Crippen molar-refractivity contribution in [1.82, 2.24) is 19.7 Å². The monoisotopic (exact) mass is 232 g/mol. The molecule has 2 heterocycles. The predicted octanol–water partition coefficient (Wildman–Crippen LogP) is 1.14. The quantitative estimate of drug-likeness (QED) is 0.809. The molecule has 0 saturated heterocycles. The Balaban J connectivity index is 1.85. The van der Waals surface area contributed by atoms with Crippen LogP contribution < -0.4 is 10.6 Å². The van der Waals surface area contributed by atoms with Gasteiger partial charge in [0.15, 0.2) is 0 Å². The van der Waals surface area contributed by atoms with E-state index in [0.29, 0.717) is 0 Å². The van der Waals surface area contributed by atoms with Crippen molar-refractivity contribution in [1.29, 1.82) is 0 Å². The number of aromatic nitrogens is 4. The number of rotatable bonds is 5. The summed E-state index contributed by atoms with van der Waals surface area (Å²) in [5.41, 5.74) is 1.17. The van der Waals surface area contributed by atoms with Crippen LogP contribution in [0.25, 0.3) is 0 Å². The summed E-state index contributed by atoms with van der Waals surface area (Å²) in [6, 6.07) is 0. The van der Waals surface area contributed by atoms with E-state index in [1.54, 1.807) is 12.4 Å². The molecule has 6 heteroatoms. The second-order valence-corrected chi connectivity index (χ2v) is 3.75. The van der Waals surface area contributed by atoms with Crippen LogP contribution in [0.3, 0.4) is 0 Å². The van der Waals surface area contributed by atoms with Crippen molar-refractivity contribution < 1.29 is 0 Å². The van der Waals surface area contributed by atoms with Gasteiger partial charge in [-0.05, 0) is 12.5 Å². The third kappa shape index (κ3) is 3.17. The fraction of sp³-hybridized carbons (Fsp3) is 0.364. The highest BCUT2D eigenvalue weighted by atomic mass is 15.3. The van der Waals surface area contributed by atoms with Gasteiger partial charge >= 0.3 is 0 Å². The van der Waals surface area contributed by atoms with Gasteiger partial charge in [-0.3, -0.25) is 9.67 Å². The molecule has 0 fully saturated rings. The Bertz CT molecular complexity index is 478. The zero-order valence-corrected chi connectivity index (χ0v) is 10.0. The van der Waals surface area contributed by atoms with Crippen LogP contribution in [-0.4, -0.2) is 33.3 Å².